The van der Waals surface area contributed by atoms with E-state index in [1.54, 1.807) is 13.1 Å². The Morgan fingerprint density at radius 1 is 1.76 bits per heavy atom. The maximum Gasteiger partial charge on any atom is 0.327 e. The third kappa shape index (κ3) is 2.81. The second kappa shape index (κ2) is 5.10. The molecule has 2 N–H and O–H groups in total. The lowest BCUT2D eigenvalue weighted by atomic mass is 9.97. The van der Waals surface area contributed by atoms with Crippen LogP contribution in [0.4, 0.5) is 0 Å². The molecule has 0 amide bonds. The Bertz CT molecular complexity index is 378. The van der Waals surface area contributed by atoms with Crippen molar-refractivity contribution in [1.82, 2.24) is 4.98 Å². The quantitative estimate of drug-likeness (QED) is 0.613. The lowest BCUT2D eigenvalue weighted by Gasteiger charge is -2.25. The zero-order chi connectivity index (χ0) is 12.3. The van der Waals surface area contributed by atoms with Crippen molar-refractivity contribution >= 4 is 17.7 Å². The van der Waals surface area contributed by atoms with Crippen LogP contribution in [0.3, 0.4) is 0 Å². The molecule has 1 saturated carbocycles. The van der Waals surface area contributed by atoms with Gasteiger partial charge < -0.3 is 14.9 Å². The molecule has 0 spiro atoms. The Morgan fingerprint density at radius 3 is 3.06 bits per heavy atom. The second-order valence-electron chi connectivity index (χ2n) is 4.12. The first kappa shape index (κ1) is 12.4. The summed E-state index contributed by atoms with van der Waals surface area (Å²) >= 11 is 1.35. The Labute approximate surface area is 104 Å². The monoisotopic (exact) mass is 256 g/mol. The molecule has 0 bridgehead atoms. The van der Waals surface area contributed by atoms with E-state index in [9.17, 15) is 4.79 Å². The number of hydrogen-bond acceptors (Lipinski definition) is 6. The van der Waals surface area contributed by atoms with E-state index in [1.165, 1.54) is 18.0 Å². The minimum atomic E-state index is -0.908. The van der Waals surface area contributed by atoms with Crippen LogP contribution in [-0.4, -0.2) is 28.9 Å². The molecule has 1 heterocycles. The molecule has 5 nitrogen and oxygen atoms in total. The van der Waals surface area contributed by atoms with Gasteiger partial charge in [-0.15, -0.1) is 0 Å². The number of rotatable bonds is 6. The van der Waals surface area contributed by atoms with E-state index in [2.05, 4.69) is 4.98 Å². The summed E-state index contributed by atoms with van der Waals surface area (Å²) in [6.07, 6.45) is 5.05. The van der Waals surface area contributed by atoms with Gasteiger partial charge in [-0.1, -0.05) is 11.8 Å². The van der Waals surface area contributed by atoms with E-state index in [4.69, 9.17) is 14.9 Å². The molecule has 2 rings (SSSR count). The van der Waals surface area contributed by atoms with Gasteiger partial charge in [0.05, 0.1) is 12.8 Å². The highest BCUT2D eigenvalue weighted by Crippen LogP contribution is 2.41. The first-order valence-electron chi connectivity index (χ1n) is 5.65. The van der Waals surface area contributed by atoms with Crippen molar-refractivity contribution in [1.29, 1.82) is 0 Å². The lowest BCUT2D eigenvalue weighted by Crippen LogP contribution is -2.53. The topological polar surface area (TPSA) is 78.4 Å². The molecule has 0 saturated heterocycles. The molecule has 1 atom stereocenters. The molecular weight excluding hydrogens is 240 g/mol. The van der Waals surface area contributed by atoms with Crippen LogP contribution in [0, 0.1) is 5.92 Å². The summed E-state index contributed by atoms with van der Waals surface area (Å²) in [4.78, 5) is 15.9. The third-order valence-corrected chi connectivity index (χ3v) is 3.88. The number of hydrogen-bond donors (Lipinski definition) is 1. The fraction of sp³-hybridized carbons (Fsp3) is 0.636. The molecule has 1 aliphatic rings. The van der Waals surface area contributed by atoms with E-state index < -0.39 is 5.54 Å². The number of carbonyl (C=O) groups is 1. The van der Waals surface area contributed by atoms with Gasteiger partial charge in [-0.3, -0.25) is 4.79 Å². The molecular formula is C11H16N2O3S. The average molecular weight is 256 g/mol. The van der Waals surface area contributed by atoms with Crippen LogP contribution in [-0.2, 0) is 9.53 Å². The third-order valence-electron chi connectivity index (χ3n) is 2.81. The predicted molar refractivity (Wildman–Crippen MR) is 63.5 cm³/mol. The molecule has 1 aromatic rings. The fourth-order valence-electron chi connectivity index (χ4n) is 1.67. The summed E-state index contributed by atoms with van der Waals surface area (Å²) < 4.78 is 10.2. The van der Waals surface area contributed by atoms with Gasteiger partial charge in [-0.05, 0) is 25.7 Å². The van der Waals surface area contributed by atoms with Gasteiger partial charge in [0.1, 0.15) is 11.8 Å². The van der Waals surface area contributed by atoms with Crippen LogP contribution in [0.25, 0.3) is 0 Å². The number of carbonyl (C=O) groups excluding carboxylic acids is 1. The van der Waals surface area contributed by atoms with Gasteiger partial charge in [0.25, 0.3) is 5.22 Å². The second-order valence-corrected chi connectivity index (χ2v) is 5.05. The SMILES string of the molecule is CCOC(=O)C(N)(CSc1ncco1)C1CC1. The Kier molecular flexibility index (Phi) is 3.73. The summed E-state index contributed by atoms with van der Waals surface area (Å²) in [5, 5.41) is 0.532. The first-order chi connectivity index (χ1) is 8.16. The molecule has 94 valence electrons. The number of nitrogens with two attached hydrogens (primary N) is 1. The van der Waals surface area contributed by atoms with E-state index in [0.29, 0.717) is 17.6 Å². The number of ether oxygens (including phenoxy) is 1. The van der Waals surface area contributed by atoms with Crippen LogP contribution in [0.2, 0.25) is 0 Å². The molecule has 0 radical (unpaired) electrons. The largest absolute Gasteiger partial charge is 0.465 e. The molecule has 1 aliphatic carbocycles. The number of nitrogens with zero attached hydrogens (tertiary/aromatic N) is 1. The highest BCUT2D eigenvalue weighted by atomic mass is 32.2. The fourth-order valence-corrected chi connectivity index (χ4v) is 2.65. The standard InChI is InChI=1S/C11H16N2O3S/c1-2-15-9(14)11(12,8-3-4-8)7-17-10-13-5-6-16-10/h5-6,8H,2-4,7,12H2,1H3. The molecule has 1 fully saturated rings. The van der Waals surface area contributed by atoms with E-state index in [1.807, 2.05) is 0 Å². The summed E-state index contributed by atoms with van der Waals surface area (Å²) in [6, 6.07) is 0. The molecule has 17 heavy (non-hydrogen) atoms. The molecule has 6 heteroatoms. The van der Waals surface area contributed by atoms with E-state index in [-0.39, 0.29) is 11.9 Å². The molecule has 1 unspecified atom stereocenters. The molecule has 0 aromatic carbocycles. The van der Waals surface area contributed by atoms with Gasteiger partial charge in [0.2, 0.25) is 0 Å². The summed E-state index contributed by atoms with van der Waals surface area (Å²) in [5.41, 5.74) is 5.28. The Morgan fingerprint density at radius 2 is 2.53 bits per heavy atom. The van der Waals surface area contributed by atoms with Crippen LogP contribution in [0.5, 0.6) is 0 Å². The van der Waals surface area contributed by atoms with Crippen molar-refractivity contribution in [2.45, 2.75) is 30.5 Å². The number of thioether (sulfide) groups is 1. The van der Waals surface area contributed by atoms with Crippen molar-refractivity contribution < 1.29 is 13.9 Å². The van der Waals surface area contributed by atoms with Crippen LogP contribution in [0.15, 0.2) is 22.1 Å². The first-order valence-corrected chi connectivity index (χ1v) is 6.63. The van der Waals surface area contributed by atoms with Crippen molar-refractivity contribution in [2.75, 3.05) is 12.4 Å². The van der Waals surface area contributed by atoms with E-state index in [0.717, 1.165) is 12.8 Å². The van der Waals surface area contributed by atoms with Crippen LogP contribution in [0.1, 0.15) is 19.8 Å². The lowest BCUT2D eigenvalue weighted by molar-refractivity contribution is -0.149. The summed E-state index contributed by atoms with van der Waals surface area (Å²) in [7, 11) is 0. The maximum atomic E-state index is 11.9. The number of esters is 1. The van der Waals surface area contributed by atoms with Gasteiger partial charge in [-0.25, -0.2) is 4.98 Å². The van der Waals surface area contributed by atoms with Crippen molar-refractivity contribution in [2.24, 2.45) is 11.7 Å². The average Bonchev–Trinajstić information content (AvgIpc) is 3.05. The van der Waals surface area contributed by atoms with Crippen LogP contribution < -0.4 is 5.73 Å². The zero-order valence-electron chi connectivity index (χ0n) is 9.72. The number of oxazole rings is 1. The van der Waals surface area contributed by atoms with Crippen molar-refractivity contribution in [3.8, 4) is 0 Å². The summed E-state index contributed by atoms with van der Waals surface area (Å²) in [5.74, 6) is 0.349. The van der Waals surface area contributed by atoms with Gasteiger partial charge in [-0.2, -0.15) is 0 Å². The van der Waals surface area contributed by atoms with Gasteiger partial charge in [0.15, 0.2) is 0 Å². The van der Waals surface area contributed by atoms with Gasteiger partial charge in [0, 0.05) is 5.75 Å². The normalized spacial score (nSPS) is 18.7. The van der Waals surface area contributed by atoms with Crippen LogP contribution >= 0.6 is 11.8 Å². The Hall–Kier alpha value is -1.01. The zero-order valence-corrected chi connectivity index (χ0v) is 10.5. The van der Waals surface area contributed by atoms with Crippen molar-refractivity contribution in [3.05, 3.63) is 12.5 Å². The van der Waals surface area contributed by atoms with Gasteiger partial charge >= 0.3 is 5.97 Å². The van der Waals surface area contributed by atoms with Crippen molar-refractivity contribution in [3.63, 3.8) is 0 Å². The highest BCUT2D eigenvalue weighted by molar-refractivity contribution is 7.99. The van der Waals surface area contributed by atoms with E-state index >= 15 is 0 Å². The molecule has 0 aliphatic heterocycles. The number of aromatic nitrogens is 1. The minimum Gasteiger partial charge on any atom is -0.465 e. The molecule has 1 aromatic heterocycles. The summed E-state index contributed by atoms with van der Waals surface area (Å²) in [6.45, 7) is 2.14. The predicted octanol–water partition coefficient (Wildman–Crippen LogP) is 1.44. The minimum absolute atomic E-state index is 0.226. The Balaban J connectivity index is 1.98. The highest BCUT2D eigenvalue weighted by Gasteiger charge is 2.49. The maximum absolute atomic E-state index is 11.9. The smallest absolute Gasteiger partial charge is 0.327 e.